The van der Waals surface area contributed by atoms with Gasteiger partial charge in [0.2, 0.25) is 13.5 Å². The lowest BCUT2D eigenvalue weighted by Gasteiger charge is -2.09. The van der Waals surface area contributed by atoms with Crippen LogP contribution in [0, 0.1) is 0 Å². The number of alkyl halides is 2. The van der Waals surface area contributed by atoms with E-state index < -0.39 is 13.5 Å². The lowest BCUT2D eigenvalue weighted by Crippen LogP contribution is -2.20. The third kappa shape index (κ3) is 1.05. The largest absolute Gasteiger partial charge is 0.226 e. The monoisotopic (exact) mass is 220 g/mol. The van der Waals surface area contributed by atoms with Gasteiger partial charge in [-0.3, -0.25) is 0 Å². The molecule has 1 heterocycles. The minimum atomic E-state index is -3.65. The second-order valence-electron chi connectivity index (χ2n) is 1.85. The molecule has 0 aromatic carbocycles. The first-order valence-corrected chi connectivity index (χ1v) is 4.98. The normalized spacial score (nSPS) is 28.1. The predicted molar refractivity (Wildman–Crippen MR) is 41.9 cm³/mol. The SMILES string of the molecule is O=S1(=O)C(Cl)=CCC1(Cl)Cl. The molecular weight excluding hydrogens is 218 g/mol. The molecule has 0 N–H and O–H groups in total. The highest BCUT2D eigenvalue weighted by Gasteiger charge is 2.45. The minimum Gasteiger partial charge on any atom is -0.220 e. The van der Waals surface area contributed by atoms with Gasteiger partial charge in [0.1, 0.15) is 4.36 Å². The van der Waals surface area contributed by atoms with Crippen molar-refractivity contribution in [1.29, 1.82) is 0 Å². The van der Waals surface area contributed by atoms with Gasteiger partial charge in [-0.15, -0.1) is 0 Å². The van der Waals surface area contributed by atoms with Crippen molar-refractivity contribution in [2.45, 2.75) is 10.1 Å². The zero-order valence-corrected chi connectivity index (χ0v) is 7.73. The van der Waals surface area contributed by atoms with E-state index in [1.54, 1.807) is 0 Å². The average Bonchev–Trinajstić information content (AvgIpc) is 1.94. The summed E-state index contributed by atoms with van der Waals surface area (Å²) in [6, 6.07) is 0. The Bertz CT molecular complexity index is 277. The van der Waals surface area contributed by atoms with E-state index in [4.69, 9.17) is 34.8 Å². The van der Waals surface area contributed by atoms with E-state index in [9.17, 15) is 8.42 Å². The number of hydrogen-bond donors (Lipinski definition) is 0. The van der Waals surface area contributed by atoms with Crippen LogP contribution in [0.25, 0.3) is 0 Å². The molecule has 0 aromatic rings. The quantitative estimate of drug-likeness (QED) is 0.587. The molecular formula is C4H3Cl3O2S. The number of hydrogen-bond acceptors (Lipinski definition) is 2. The molecule has 0 aliphatic carbocycles. The molecule has 0 unspecified atom stereocenters. The zero-order valence-electron chi connectivity index (χ0n) is 4.64. The van der Waals surface area contributed by atoms with Gasteiger partial charge in [-0.1, -0.05) is 34.8 Å². The van der Waals surface area contributed by atoms with Gasteiger partial charge >= 0.3 is 0 Å². The van der Waals surface area contributed by atoms with E-state index in [0.717, 1.165) is 0 Å². The molecule has 0 saturated heterocycles. The maximum absolute atomic E-state index is 11.0. The van der Waals surface area contributed by atoms with Crippen LogP contribution in [0.5, 0.6) is 0 Å². The lowest BCUT2D eigenvalue weighted by atomic mass is 10.5. The molecule has 0 radical (unpaired) electrons. The molecule has 0 bridgehead atoms. The van der Waals surface area contributed by atoms with Gasteiger partial charge < -0.3 is 0 Å². The molecule has 0 saturated carbocycles. The molecule has 1 aliphatic rings. The number of sulfone groups is 1. The Labute approximate surface area is 73.7 Å². The average molecular weight is 221 g/mol. The summed E-state index contributed by atoms with van der Waals surface area (Å²) in [5.74, 6) is 0. The predicted octanol–water partition coefficient (Wildman–Crippen LogP) is 2.02. The highest BCUT2D eigenvalue weighted by atomic mass is 35.5. The Morgan fingerprint density at radius 3 is 2.10 bits per heavy atom. The van der Waals surface area contributed by atoms with Crippen LogP contribution in [-0.2, 0) is 9.84 Å². The maximum Gasteiger partial charge on any atom is 0.226 e. The lowest BCUT2D eigenvalue weighted by molar-refractivity contribution is 0.599. The van der Waals surface area contributed by atoms with Crippen LogP contribution in [0.2, 0.25) is 0 Å². The summed E-state index contributed by atoms with van der Waals surface area (Å²) < 4.78 is 19.9. The molecule has 58 valence electrons. The van der Waals surface area contributed by atoms with Crippen molar-refractivity contribution < 1.29 is 8.42 Å². The molecule has 1 rings (SSSR count). The second kappa shape index (κ2) is 2.27. The van der Waals surface area contributed by atoms with Crippen molar-refractivity contribution in [2.24, 2.45) is 0 Å². The van der Waals surface area contributed by atoms with Crippen LogP contribution >= 0.6 is 34.8 Å². The summed E-state index contributed by atoms with van der Waals surface area (Å²) in [6.45, 7) is 0. The number of rotatable bonds is 0. The summed E-state index contributed by atoms with van der Waals surface area (Å²) in [6.07, 6.45) is 1.34. The van der Waals surface area contributed by atoms with Gasteiger partial charge in [-0.05, 0) is 6.08 Å². The van der Waals surface area contributed by atoms with Gasteiger partial charge in [0.05, 0.1) is 0 Å². The summed E-state index contributed by atoms with van der Waals surface area (Å²) in [7, 11) is -3.65. The Morgan fingerprint density at radius 1 is 1.50 bits per heavy atom. The Hall–Kier alpha value is 0.560. The first-order chi connectivity index (χ1) is 4.38. The summed E-state index contributed by atoms with van der Waals surface area (Å²) in [5.41, 5.74) is 0. The van der Waals surface area contributed by atoms with Crippen LogP contribution in [0.3, 0.4) is 0 Å². The first kappa shape index (κ1) is 8.65. The van der Waals surface area contributed by atoms with Crippen molar-refractivity contribution in [3.8, 4) is 0 Å². The molecule has 6 heteroatoms. The Kier molecular flexibility index (Phi) is 1.97. The molecule has 1 aliphatic heterocycles. The van der Waals surface area contributed by atoms with Crippen LogP contribution < -0.4 is 0 Å². The smallest absolute Gasteiger partial charge is 0.220 e. The Morgan fingerprint density at radius 2 is 2.00 bits per heavy atom. The highest BCUT2D eigenvalue weighted by molar-refractivity contribution is 8.01. The van der Waals surface area contributed by atoms with E-state index in [1.807, 2.05) is 0 Å². The molecule has 10 heavy (non-hydrogen) atoms. The topological polar surface area (TPSA) is 34.1 Å². The van der Waals surface area contributed by atoms with Crippen LogP contribution in [-0.4, -0.2) is 12.1 Å². The molecule has 2 nitrogen and oxygen atoms in total. The van der Waals surface area contributed by atoms with Gasteiger partial charge in [-0.25, -0.2) is 8.42 Å². The van der Waals surface area contributed by atoms with Gasteiger partial charge in [0.25, 0.3) is 0 Å². The van der Waals surface area contributed by atoms with E-state index in [0.29, 0.717) is 0 Å². The van der Waals surface area contributed by atoms with Crippen molar-refractivity contribution in [3.05, 3.63) is 10.4 Å². The summed E-state index contributed by atoms with van der Waals surface area (Å²) in [4.78, 5) is 0. The van der Waals surface area contributed by atoms with Crippen molar-refractivity contribution >= 4 is 44.6 Å². The fourth-order valence-electron chi connectivity index (χ4n) is 0.561. The molecule has 0 amide bonds. The van der Waals surface area contributed by atoms with E-state index in [-0.39, 0.29) is 10.8 Å². The third-order valence-electron chi connectivity index (χ3n) is 1.15. The molecule has 0 atom stereocenters. The van der Waals surface area contributed by atoms with Gasteiger partial charge in [-0.2, -0.15) is 0 Å². The van der Waals surface area contributed by atoms with Crippen LogP contribution in [0.4, 0.5) is 0 Å². The third-order valence-corrected chi connectivity index (χ3v) is 5.07. The highest BCUT2D eigenvalue weighted by Crippen LogP contribution is 2.43. The first-order valence-electron chi connectivity index (χ1n) is 2.36. The Balaban J connectivity index is 3.22. The maximum atomic E-state index is 11.0. The molecule has 0 aromatic heterocycles. The summed E-state index contributed by atoms with van der Waals surface area (Å²) >= 11 is 16.1. The fraction of sp³-hybridized carbons (Fsp3) is 0.500. The molecule has 0 spiro atoms. The van der Waals surface area contributed by atoms with Crippen LogP contribution in [0.1, 0.15) is 6.42 Å². The standard InChI is InChI=1S/C4H3Cl3O2S/c5-3-1-2-4(6,7)10(3,8)9/h1H,2H2. The number of halogens is 3. The van der Waals surface area contributed by atoms with Crippen molar-refractivity contribution in [2.75, 3.05) is 0 Å². The fourth-order valence-corrected chi connectivity index (χ4v) is 2.81. The van der Waals surface area contributed by atoms with E-state index in [2.05, 4.69) is 0 Å². The van der Waals surface area contributed by atoms with Gasteiger partial charge in [0, 0.05) is 6.42 Å². The van der Waals surface area contributed by atoms with E-state index >= 15 is 0 Å². The summed E-state index contributed by atoms with van der Waals surface area (Å²) in [5, 5.41) is 0. The number of allylic oxidation sites excluding steroid dienone is 1. The van der Waals surface area contributed by atoms with E-state index in [1.165, 1.54) is 6.08 Å². The second-order valence-corrected chi connectivity index (χ2v) is 6.56. The zero-order chi connectivity index (χ0) is 7.99. The molecule has 0 fully saturated rings. The van der Waals surface area contributed by atoms with Crippen LogP contribution in [0.15, 0.2) is 10.4 Å². The van der Waals surface area contributed by atoms with Crippen molar-refractivity contribution in [1.82, 2.24) is 0 Å². The van der Waals surface area contributed by atoms with Crippen molar-refractivity contribution in [3.63, 3.8) is 0 Å². The van der Waals surface area contributed by atoms with Gasteiger partial charge in [0.15, 0.2) is 0 Å². The minimum absolute atomic E-state index is 0.0529.